The van der Waals surface area contributed by atoms with E-state index >= 15 is 0 Å². The highest BCUT2D eigenvalue weighted by Gasteiger charge is 2.16. The predicted molar refractivity (Wildman–Crippen MR) is 101 cm³/mol. The number of hydrogen-bond donors (Lipinski definition) is 2. The fourth-order valence-electron chi connectivity index (χ4n) is 3.03. The number of carbonyl (C=O) groups excluding carboxylic acids is 2. The molecule has 1 saturated heterocycles. The van der Waals surface area contributed by atoms with Crippen molar-refractivity contribution in [1.82, 2.24) is 5.32 Å². The fraction of sp³-hybridized carbons (Fsp3) is 0.400. The van der Waals surface area contributed by atoms with Crippen LogP contribution in [0.1, 0.15) is 36.7 Å². The Morgan fingerprint density at radius 2 is 1.88 bits per heavy atom. The van der Waals surface area contributed by atoms with Crippen LogP contribution in [0.15, 0.2) is 47.1 Å². The summed E-state index contributed by atoms with van der Waals surface area (Å²) in [6.07, 6.45) is 4.10. The van der Waals surface area contributed by atoms with Crippen molar-refractivity contribution in [1.29, 1.82) is 0 Å². The van der Waals surface area contributed by atoms with Crippen molar-refractivity contribution in [3.05, 3.63) is 48.4 Å². The summed E-state index contributed by atoms with van der Waals surface area (Å²) in [6.45, 7) is 4.73. The molecular formula is C20H25N3O3. The highest BCUT2D eigenvalue weighted by atomic mass is 16.3. The van der Waals surface area contributed by atoms with Gasteiger partial charge >= 0.3 is 0 Å². The Hall–Kier alpha value is -2.76. The van der Waals surface area contributed by atoms with Crippen LogP contribution in [0.4, 0.5) is 11.4 Å². The number of carbonyl (C=O) groups is 2. The number of furan rings is 1. The highest BCUT2D eigenvalue weighted by Crippen LogP contribution is 2.24. The smallest absolute Gasteiger partial charge is 0.286 e. The molecule has 6 nitrogen and oxygen atoms in total. The van der Waals surface area contributed by atoms with Crippen LogP contribution in [-0.4, -0.2) is 31.4 Å². The molecule has 1 aliphatic rings. The minimum absolute atomic E-state index is 0.135. The van der Waals surface area contributed by atoms with Crippen LogP contribution < -0.4 is 15.5 Å². The number of piperidine rings is 1. The molecule has 0 bridgehead atoms. The van der Waals surface area contributed by atoms with Gasteiger partial charge in [-0.2, -0.15) is 0 Å². The molecule has 2 heterocycles. The molecule has 6 heteroatoms. The summed E-state index contributed by atoms with van der Waals surface area (Å²) in [5, 5.41) is 5.51. The lowest BCUT2D eigenvalue weighted by molar-refractivity contribution is -0.116. The average molecular weight is 355 g/mol. The van der Waals surface area contributed by atoms with Crippen LogP contribution in [0.25, 0.3) is 0 Å². The Morgan fingerprint density at radius 3 is 2.54 bits per heavy atom. The highest BCUT2D eigenvalue weighted by molar-refractivity contribution is 5.93. The molecule has 0 radical (unpaired) electrons. The monoisotopic (exact) mass is 355 g/mol. The number of benzene rings is 1. The van der Waals surface area contributed by atoms with E-state index in [0.717, 1.165) is 24.7 Å². The van der Waals surface area contributed by atoms with Crippen LogP contribution in [0.5, 0.6) is 0 Å². The van der Waals surface area contributed by atoms with E-state index in [9.17, 15) is 9.59 Å². The zero-order valence-corrected chi connectivity index (χ0v) is 15.0. The lowest BCUT2D eigenvalue weighted by atomic mass is 9.99. The molecule has 0 unspecified atom stereocenters. The van der Waals surface area contributed by atoms with Gasteiger partial charge in [0.25, 0.3) is 5.91 Å². The maximum absolute atomic E-state index is 12.0. The quantitative estimate of drug-likeness (QED) is 0.834. The van der Waals surface area contributed by atoms with Crippen LogP contribution in [0.2, 0.25) is 0 Å². The van der Waals surface area contributed by atoms with Gasteiger partial charge in [0.05, 0.1) is 6.26 Å². The summed E-state index contributed by atoms with van der Waals surface area (Å²) < 4.78 is 5.00. The van der Waals surface area contributed by atoms with Gasteiger partial charge < -0.3 is 20.0 Å². The van der Waals surface area contributed by atoms with E-state index in [2.05, 4.69) is 22.5 Å². The zero-order valence-electron chi connectivity index (χ0n) is 15.0. The van der Waals surface area contributed by atoms with Gasteiger partial charge in [-0.3, -0.25) is 9.59 Å². The van der Waals surface area contributed by atoms with Crippen LogP contribution in [-0.2, 0) is 4.79 Å². The second-order valence-electron chi connectivity index (χ2n) is 6.75. The number of amides is 2. The van der Waals surface area contributed by atoms with Crippen LogP contribution in [0.3, 0.4) is 0 Å². The molecule has 1 aromatic carbocycles. The minimum Gasteiger partial charge on any atom is -0.459 e. The van der Waals surface area contributed by atoms with Gasteiger partial charge in [-0.1, -0.05) is 6.92 Å². The van der Waals surface area contributed by atoms with Gasteiger partial charge in [0, 0.05) is 37.4 Å². The third kappa shape index (κ3) is 4.88. The standard InChI is InChI=1S/C20H25N3O3/c1-15-9-12-23(13-10-15)17-6-4-16(5-7-17)22-19(24)8-11-21-20(25)18-3-2-14-26-18/h2-7,14-15H,8-13H2,1H3,(H,21,25)(H,22,24). The van der Waals surface area contributed by atoms with Crippen molar-refractivity contribution in [3.8, 4) is 0 Å². The molecule has 26 heavy (non-hydrogen) atoms. The molecule has 2 N–H and O–H groups in total. The Labute approximate surface area is 153 Å². The van der Waals surface area contributed by atoms with Gasteiger partial charge in [0.15, 0.2) is 5.76 Å². The van der Waals surface area contributed by atoms with Crippen molar-refractivity contribution in [3.63, 3.8) is 0 Å². The third-order valence-corrected chi connectivity index (χ3v) is 4.68. The van der Waals surface area contributed by atoms with Gasteiger partial charge in [-0.05, 0) is 55.2 Å². The molecule has 0 aliphatic carbocycles. The van der Waals surface area contributed by atoms with Gasteiger partial charge in [0.2, 0.25) is 5.91 Å². The maximum Gasteiger partial charge on any atom is 0.286 e. The molecule has 1 aliphatic heterocycles. The van der Waals surface area contributed by atoms with Crippen LogP contribution in [0, 0.1) is 5.92 Å². The Balaban J connectivity index is 1.42. The molecule has 2 amide bonds. The van der Waals surface area contributed by atoms with Crippen molar-refractivity contribution < 1.29 is 14.0 Å². The Bertz CT molecular complexity index is 717. The number of rotatable bonds is 6. The number of nitrogens with zero attached hydrogens (tertiary/aromatic N) is 1. The van der Waals surface area contributed by atoms with E-state index in [0.29, 0.717) is 0 Å². The number of hydrogen-bond acceptors (Lipinski definition) is 4. The molecular weight excluding hydrogens is 330 g/mol. The fourth-order valence-corrected chi connectivity index (χ4v) is 3.03. The lowest BCUT2D eigenvalue weighted by Crippen LogP contribution is -2.32. The summed E-state index contributed by atoms with van der Waals surface area (Å²) in [4.78, 5) is 26.1. The first-order valence-electron chi connectivity index (χ1n) is 9.08. The number of nitrogens with one attached hydrogen (secondary N) is 2. The molecule has 0 atom stereocenters. The molecule has 2 aromatic rings. The average Bonchev–Trinajstić information content (AvgIpc) is 3.18. The third-order valence-electron chi connectivity index (χ3n) is 4.68. The van der Waals surface area contributed by atoms with E-state index in [1.54, 1.807) is 12.1 Å². The van der Waals surface area contributed by atoms with Crippen molar-refractivity contribution >= 4 is 23.2 Å². The van der Waals surface area contributed by atoms with E-state index < -0.39 is 0 Å². The minimum atomic E-state index is -0.317. The maximum atomic E-state index is 12.0. The second-order valence-corrected chi connectivity index (χ2v) is 6.75. The molecule has 0 spiro atoms. The molecule has 138 valence electrons. The summed E-state index contributed by atoms with van der Waals surface area (Å²) >= 11 is 0. The van der Waals surface area contributed by atoms with E-state index in [4.69, 9.17) is 4.42 Å². The summed E-state index contributed by atoms with van der Waals surface area (Å²) in [7, 11) is 0. The Morgan fingerprint density at radius 1 is 1.15 bits per heavy atom. The number of anilines is 2. The first kappa shape index (κ1) is 18.0. The molecule has 1 aromatic heterocycles. The SMILES string of the molecule is CC1CCN(c2ccc(NC(=O)CCNC(=O)c3ccco3)cc2)CC1. The van der Waals surface area contributed by atoms with Crippen molar-refractivity contribution in [2.24, 2.45) is 5.92 Å². The van der Waals surface area contributed by atoms with E-state index in [1.165, 1.54) is 24.8 Å². The Kier molecular flexibility index (Phi) is 5.94. The topological polar surface area (TPSA) is 74.6 Å². The molecule has 0 saturated carbocycles. The first-order valence-corrected chi connectivity index (χ1v) is 9.08. The van der Waals surface area contributed by atoms with Crippen molar-refractivity contribution in [2.75, 3.05) is 29.9 Å². The lowest BCUT2D eigenvalue weighted by Gasteiger charge is -2.32. The normalized spacial score (nSPS) is 14.9. The first-order chi connectivity index (χ1) is 12.6. The largest absolute Gasteiger partial charge is 0.459 e. The molecule has 1 fully saturated rings. The van der Waals surface area contributed by atoms with Crippen LogP contribution >= 0.6 is 0 Å². The van der Waals surface area contributed by atoms with Gasteiger partial charge in [-0.15, -0.1) is 0 Å². The van der Waals surface area contributed by atoms with E-state index in [-0.39, 0.29) is 30.5 Å². The predicted octanol–water partition coefficient (Wildman–Crippen LogP) is 3.27. The zero-order chi connectivity index (χ0) is 18.4. The molecule has 3 rings (SSSR count). The van der Waals surface area contributed by atoms with Crippen molar-refractivity contribution in [2.45, 2.75) is 26.2 Å². The van der Waals surface area contributed by atoms with Gasteiger partial charge in [-0.25, -0.2) is 0 Å². The van der Waals surface area contributed by atoms with E-state index in [1.807, 2.05) is 24.3 Å². The summed E-state index contributed by atoms with van der Waals surface area (Å²) in [6, 6.07) is 11.2. The second kappa shape index (κ2) is 8.56. The summed E-state index contributed by atoms with van der Waals surface area (Å²) in [5.41, 5.74) is 1.96. The summed E-state index contributed by atoms with van der Waals surface area (Å²) in [5.74, 6) is 0.596. The van der Waals surface area contributed by atoms with Gasteiger partial charge in [0.1, 0.15) is 0 Å².